The molecule has 8 nitrogen and oxygen atoms in total. The van der Waals surface area contributed by atoms with Crippen molar-refractivity contribution in [3.05, 3.63) is 71.4 Å². The molecule has 0 aliphatic carbocycles. The molecule has 8 heteroatoms. The number of pyridine rings is 1. The number of hydrogen-bond donors (Lipinski definition) is 1. The molecule has 7 rings (SSSR count). The smallest absolute Gasteiger partial charge is 0.156 e. The summed E-state index contributed by atoms with van der Waals surface area (Å²) in [5, 5.41) is 0. The highest BCUT2D eigenvalue weighted by molar-refractivity contribution is 6.11. The van der Waals surface area contributed by atoms with Gasteiger partial charge in [-0.25, -0.2) is 9.97 Å². The van der Waals surface area contributed by atoms with E-state index in [1.165, 1.54) is 11.3 Å². The van der Waals surface area contributed by atoms with Gasteiger partial charge in [-0.2, -0.15) is 0 Å². The van der Waals surface area contributed by atoms with Crippen LogP contribution in [0.5, 0.6) is 0 Å². The Kier molecular flexibility index (Phi) is 4.61. The molecule has 0 amide bonds. The van der Waals surface area contributed by atoms with Gasteiger partial charge in [0.15, 0.2) is 5.84 Å². The molecule has 1 saturated heterocycles. The lowest BCUT2D eigenvalue weighted by molar-refractivity contribution is 0.285. The SMILES string of the molecule is CN1c2ccccc2[C@@H](N)C12CCN(c1cnc3c(n1)CN=C3N1CCCc3ncccc31)CC2. The van der Waals surface area contributed by atoms with Gasteiger partial charge in [0.1, 0.15) is 11.5 Å². The summed E-state index contributed by atoms with van der Waals surface area (Å²) in [6.45, 7) is 3.35. The van der Waals surface area contributed by atoms with Crippen LogP contribution < -0.4 is 20.4 Å². The first-order valence-corrected chi connectivity index (χ1v) is 12.6. The van der Waals surface area contributed by atoms with Crippen molar-refractivity contribution in [3.63, 3.8) is 0 Å². The summed E-state index contributed by atoms with van der Waals surface area (Å²) < 4.78 is 0. The quantitative estimate of drug-likeness (QED) is 0.590. The first-order valence-electron chi connectivity index (χ1n) is 12.6. The van der Waals surface area contributed by atoms with Crippen LogP contribution in [0.3, 0.4) is 0 Å². The molecule has 2 N–H and O–H groups in total. The predicted octanol–water partition coefficient (Wildman–Crippen LogP) is 3.07. The van der Waals surface area contributed by atoms with Gasteiger partial charge in [-0.15, -0.1) is 0 Å². The van der Waals surface area contributed by atoms with E-state index in [2.05, 4.69) is 57.1 Å². The number of amidine groups is 1. The maximum absolute atomic E-state index is 6.81. The second-order valence-corrected chi connectivity index (χ2v) is 10.1. The molecule has 6 heterocycles. The number of para-hydroxylation sites is 1. The van der Waals surface area contributed by atoms with E-state index in [-0.39, 0.29) is 11.6 Å². The predicted molar refractivity (Wildman–Crippen MR) is 138 cm³/mol. The fourth-order valence-electron chi connectivity index (χ4n) is 6.48. The average molecular weight is 467 g/mol. The molecule has 1 aromatic carbocycles. The van der Waals surface area contributed by atoms with E-state index in [4.69, 9.17) is 20.7 Å². The lowest BCUT2D eigenvalue weighted by Gasteiger charge is -2.47. The molecule has 1 fully saturated rings. The number of fused-ring (bicyclic) bond motifs is 3. The molecular weight excluding hydrogens is 436 g/mol. The fourth-order valence-corrected chi connectivity index (χ4v) is 6.48. The van der Waals surface area contributed by atoms with Gasteiger partial charge in [-0.05, 0) is 49.4 Å². The third kappa shape index (κ3) is 3.02. The monoisotopic (exact) mass is 466 g/mol. The Labute approximate surface area is 205 Å². The Morgan fingerprint density at radius 3 is 2.66 bits per heavy atom. The zero-order chi connectivity index (χ0) is 23.6. The molecule has 3 aromatic rings. The zero-order valence-electron chi connectivity index (χ0n) is 20.1. The van der Waals surface area contributed by atoms with Crippen LogP contribution in [0.2, 0.25) is 0 Å². The standard InChI is InChI=1S/C27H30N8/c1-33-21-8-3-2-6-18(21)25(28)27(33)10-14-34(15-11-27)23-17-30-24-20(32-23)16-31-26(24)35-13-5-7-19-22(35)9-4-12-29-19/h2-4,6,8-9,12,17,25H,5,7,10-11,13-16,28H2,1H3/t25-/m1/s1. The molecule has 1 spiro atoms. The van der Waals surface area contributed by atoms with Crippen LogP contribution in [0, 0.1) is 0 Å². The number of rotatable bonds is 1. The van der Waals surface area contributed by atoms with E-state index >= 15 is 0 Å². The van der Waals surface area contributed by atoms with E-state index in [1.807, 2.05) is 18.5 Å². The average Bonchev–Trinajstić information content (AvgIpc) is 3.42. The van der Waals surface area contributed by atoms with Crippen molar-refractivity contribution in [2.24, 2.45) is 10.7 Å². The lowest BCUT2D eigenvalue weighted by atomic mass is 9.80. The second kappa shape index (κ2) is 7.75. The number of anilines is 3. The molecule has 4 aliphatic heterocycles. The van der Waals surface area contributed by atoms with E-state index < -0.39 is 0 Å². The first-order chi connectivity index (χ1) is 17.2. The topological polar surface area (TPSA) is 86.8 Å². The molecule has 0 saturated carbocycles. The Balaban J connectivity index is 1.10. The highest BCUT2D eigenvalue weighted by Crippen LogP contribution is 2.49. The molecule has 0 bridgehead atoms. The van der Waals surface area contributed by atoms with E-state index in [1.54, 1.807) is 0 Å². The number of aromatic nitrogens is 3. The summed E-state index contributed by atoms with van der Waals surface area (Å²) in [7, 11) is 2.20. The van der Waals surface area contributed by atoms with Gasteiger partial charge in [0.2, 0.25) is 0 Å². The van der Waals surface area contributed by atoms with Crippen LogP contribution in [0.15, 0.2) is 53.8 Å². The summed E-state index contributed by atoms with van der Waals surface area (Å²) in [5.41, 5.74) is 13.5. The second-order valence-electron chi connectivity index (χ2n) is 10.1. The summed E-state index contributed by atoms with van der Waals surface area (Å²) in [4.78, 5) is 26.4. The number of hydrogen-bond acceptors (Lipinski definition) is 8. The zero-order valence-corrected chi connectivity index (χ0v) is 20.1. The minimum atomic E-state index is -0.0314. The number of aliphatic imine (C=N–C) groups is 1. The maximum atomic E-state index is 6.81. The van der Waals surface area contributed by atoms with Gasteiger partial charge in [-0.3, -0.25) is 9.98 Å². The third-order valence-corrected chi connectivity index (χ3v) is 8.46. The fraction of sp³-hybridized carbons (Fsp3) is 0.407. The Bertz CT molecular complexity index is 1300. The summed E-state index contributed by atoms with van der Waals surface area (Å²) in [5.74, 6) is 1.88. The van der Waals surface area contributed by atoms with Gasteiger partial charge in [-0.1, -0.05) is 18.2 Å². The number of nitrogens with zero attached hydrogens (tertiary/aromatic N) is 7. The minimum Gasteiger partial charge on any atom is -0.367 e. The van der Waals surface area contributed by atoms with Crippen LogP contribution in [0.1, 0.15) is 47.9 Å². The highest BCUT2D eigenvalue weighted by Gasteiger charge is 2.49. The summed E-state index contributed by atoms with van der Waals surface area (Å²) >= 11 is 0. The van der Waals surface area contributed by atoms with E-state index in [0.717, 1.165) is 79.7 Å². The van der Waals surface area contributed by atoms with Crippen LogP contribution >= 0.6 is 0 Å². The van der Waals surface area contributed by atoms with Crippen molar-refractivity contribution >= 4 is 23.0 Å². The molecular formula is C27H30N8. The first kappa shape index (κ1) is 20.8. The van der Waals surface area contributed by atoms with E-state index in [9.17, 15) is 0 Å². The molecule has 0 unspecified atom stereocenters. The van der Waals surface area contributed by atoms with Crippen LogP contribution in [-0.4, -0.2) is 53.0 Å². The molecule has 0 radical (unpaired) electrons. The Morgan fingerprint density at radius 2 is 1.80 bits per heavy atom. The van der Waals surface area contributed by atoms with Crippen LogP contribution in [0.4, 0.5) is 17.2 Å². The summed E-state index contributed by atoms with van der Waals surface area (Å²) in [6, 6.07) is 12.7. The number of aryl methyl sites for hydroxylation is 1. The normalized spacial score (nSPS) is 22.2. The van der Waals surface area contributed by atoms with Crippen molar-refractivity contribution in [2.75, 3.05) is 41.4 Å². The highest BCUT2D eigenvalue weighted by atomic mass is 15.3. The molecule has 35 heavy (non-hydrogen) atoms. The van der Waals surface area contributed by atoms with Gasteiger partial charge in [0.25, 0.3) is 0 Å². The number of piperidine rings is 1. The lowest BCUT2D eigenvalue weighted by Crippen LogP contribution is -2.56. The van der Waals surface area contributed by atoms with Gasteiger partial charge < -0.3 is 20.4 Å². The van der Waals surface area contributed by atoms with Crippen LogP contribution in [-0.2, 0) is 13.0 Å². The number of nitrogens with two attached hydrogens (primary N) is 1. The third-order valence-electron chi connectivity index (χ3n) is 8.46. The van der Waals surface area contributed by atoms with Crippen LogP contribution in [0.25, 0.3) is 0 Å². The minimum absolute atomic E-state index is 0.0314. The number of benzene rings is 1. The Hall–Kier alpha value is -3.52. The molecule has 4 aliphatic rings. The summed E-state index contributed by atoms with van der Waals surface area (Å²) in [6.07, 6.45) is 7.88. The van der Waals surface area contributed by atoms with Crippen molar-refractivity contribution in [3.8, 4) is 0 Å². The van der Waals surface area contributed by atoms with Gasteiger partial charge >= 0.3 is 0 Å². The molecule has 1 atom stereocenters. The Morgan fingerprint density at radius 1 is 0.971 bits per heavy atom. The largest absolute Gasteiger partial charge is 0.367 e. The molecule has 2 aromatic heterocycles. The number of likely N-dealkylation sites (N-methyl/N-ethyl adjacent to an activating group) is 1. The van der Waals surface area contributed by atoms with Crippen molar-refractivity contribution in [1.82, 2.24) is 15.0 Å². The van der Waals surface area contributed by atoms with Gasteiger partial charge in [0.05, 0.1) is 41.4 Å². The van der Waals surface area contributed by atoms with Crippen molar-refractivity contribution in [2.45, 2.75) is 43.8 Å². The van der Waals surface area contributed by atoms with Gasteiger partial charge in [0, 0.05) is 38.6 Å². The molecule has 178 valence electrons. The maximum Gasteiger partial charge on any atom is 0.156 e. The van der Waals surface area contributed by atoms with E-state index in [0.29, 0.717) is 6.54 Å². The van der Waals surface area contributed by atoms with Crippen molar-refractivity contribution < 1.29 is 0 Å². The van der Waals surface area contributed by atoms with Crippen molar-refractivity contribution in [1.29, 1.82) is 0 Å².